The molecule has 0 aliphatic heterocycles. The van der Waals surface area contributed by atoms with Gasteiger partial charge in [-0.2, -0.15) is 0 Å². The largest absolute Gasteiger partial charge is 0.327 e. The van der Waals surface area contributed by atoms with Crippen molar-refractivity contribution in [3.05, 3.63) is 0 Å². The second-order valence-corrected chi connectivity index (χ2v) is 4.11. The molecule has 0 radical (unpaired) electrons. The van der Waals surface area contributed by atoms with Gasteiger partial charge in [0, 0.05) is 6.04 Å². The van der Waals surface area contributed by atoms with E-state index in [9.17, 15) is 0 Å². The molecule has 66 valence electrons. The van der Waals surface area contributed by atoms with Crippen molar-refractivity contribution in [3.8, 4) is 0 Å². The van der Waals surface area contributed by atoms with Crippen molar-refractivity contribution in [1.29, 1.82) is 0 Å². The second-order valence-electron chi connectivity index (χ2n) is 4.11. The third-order valence-electron chi connectivity index (χ3n) is 3.06. The molecule has 0 amide bonds. The SMILES string of the molecule is CCCC1CCC(C)C(N)C1. The molecule has 1 heteroatoms. The van der Waals surface area contributed by atoms with Crippen LogP contribution in [-0.2, 0) is 0 Å². The minimum atomic E-state index is 0.486. The lowest BCUT2D eigenvalue weighted by molar-refractivity contribution is 0.241. The maximum absolute atomic E-state index is 6.00. The third kappa shape index (κ3) is 2.48. The van der Waals surface area contributed by atoms with Crippen LogP contribution >= 0.6 is 0 Å². The van der Waals surface area contributed by atoms with Crippen LogP contribution in [0.2, 0.25) is 0 Å². The van der Waals surface area contributed by atoms with E-state index < -0.39 is 0 Å². The first-order valence-electron chi connectivity index (χ1n) is 4.99. The standard InChI is InChI=1S/C10H21N/c1-3-4-9-6-5-8(2)10(11)7-9/h8-10H,3-7,11H2,1-2H3. The van der Waals surface area contributed by atoms with Crippen LogP contribution in [0.25, 0.3) is 0 Å². The van der Waals surface area contributed by atoms with Crippen molar-refractivity contribution in [2.24, 2.45) is 17.6 Å². The predicted molar refractivity (Wildman–Crippen MR) is 49.4 cm³/mol. The molecule has 1 aliphatic rings. The third-order valence-corrected chi connectivity index (χ3v) is 3.06. The second kappa shape index (κ2) is 4.10. The van der Waals surface area contributed by atoms with Gasteiger partial charge in [0.1, 0.15) is 0 Å². The van der Waals surface area contributed by atoms with Gasteiger partial charge in [0.05, 0.1) is 0 Å². The van der Waals surface area contributed by atoms with Gasteiger partial charge in [-0.3, -0.25) is 0 Å². The fourth-order valence-electron chi connectivity index (χ4n) is 2.12. The zero-order valence-corrected chi connectivity index (χ0v) is 7.84. The van der Waals surface area contributed by atoms with Gasteiger partial charge >= 0.3 is 0 Å². The van der Waals surface area contributed by atoms with E-state index in [-0.39, 0.29) is 0 Å². The summed E-state index contributed by atoms with van der Waals surface area (Å²) in [5, 5.41) is 0. The van der Waals surface area contributed by atoms with Gasteiger partial charge in [0.2, 0.25) is 0 Å². The van der Waals surface area contributed by atoms with Crippen molar-refractivity contribution >= 4 is 0 Å². The number of hydrogen-bond donors (Lipinski definition) is 1. The summed E-state index contributed by atoms with van der Waals surface area (Å²) in [5.41, 5.74) is 6.00. The van der Waals surface area contributed by atoms with Crippen molar-refractivity contribution in [2.45, 2.75) is 52.0 Å². The molecule has 0 aromatic carbocycles. The molecular formula is C10H21N. The van der Waals surface area contributed by atoms with E-state index in [1.54, 1.807) is 0 Å². The van der Waals surface area contributed by atoms with E-state index in [1.807, 2.05) is 0 Å². The van der Waals surface area contributed by atoms with Gasteiger partial charge in [-0.25, -0.2) is 0 Å². The van der Waals surface area contributed by atoms with Crippen LogP contribution in [0.1, 0.15) is 46.0 Å². The van der Waals surface area contributed by atoms with Gasteiger partial charge in [-0.1, -0.05) is 33.1 Å². The van der Waals surface area contributed by atoms with Crippen molar-refractivity contribution < 1.29 is 0 Å². The minimum absolute atomic E-state index is 0.486. The molecular weight excluding hydrogens is 134 g/mol. The lowest BCUT2D eigenvalue weighted by Gasteiger charge is -2.31. The summed E-state index contributed by atoms with van der Waals surface area (Å²) in [5.74, 6) is 1.70. The predicted octanol–water partition coefficient (Wildman–Crippen LogP) is 2.55. The molecule has 2 N–H and O–H groups in total. The van der Waals surface area contributed by atoms with Gasteiger partial charge in [0.15, 0.2) is 0 Å². The molecule has 1 rings (SSSR count). The normalized spacial score (nSPS) is 39.0. The Morgan fingerprint density at radius 2 is 2.09 bits per heavy atom. The summed E-state index contributed by atoms with van der Waals surface area (Å²) >= 11 is 0. The molecule has 1 fully saturated rings. The van der Waals surface area contributed by atoms with Crippen molar-refractivity contribution in [2.75, 3.05) is 0 Å². The Hall–Kier alpha value is -0.0400. The average Bonchev–Trinajstić information content (AvgIpc) is 1.98. The van der Waals surface area contributed by atoms with Crippen LogP contribution in [0.3, 0.4) is 0 Å². The van der Waals surface area contributed by atoms with E-state index in [1.165, 1.54) is 32.1 Å². The highest BCUT2D eigenvalue weighted by molar-refractivity contribution is 4.79. The monoisotopic (exact) mass is 155 g/mol. The van der Waals surface area contributed by atoms with Crippen LogP contribution in [0.4, 0.5) is 0 Å². The fourth-order valence-corrected chi connectivity index (χ4v) is 2.12. The van der Waals surface area contributed by atoms with Crippen molar-refractivity contribution in [3.63, 3.8) is 0 Å². The highest BCUT2D eigenvalue weighted by Gasteiger charge is 2.23. The summed E-state index contributed by atoms with van der Waals surface area (Å²) in [4.78, 5) is 0. The summed E-state index contributed by atoms with van der Waals surface area (Å²) < 4.78 is 0. The molecule has 0 spiro atoms. The van der Waals surface area contributed by atoms with Gasteiger partial charge in [-0.15, -0.1) is 0 Å². The van der Waals surface area contributed by atoms with Crippen LogP contribution in [0, 0.1) is 11.8 Å². The van der Waals surface area contributed by atoms with E-state index in [0.29, 0.717) is 6.04 Å². The molecule has 0 saturated heterocycles. The van der Waals surface area contributed by atoms with E-state index in [0.717, 1.165) is 11.8 Å². The van der Waals surface area contributed by atoms with Gasteiger partial charge < -0.3 is 5.73 Å². The molecule has 11 heavy (non-hydrogen) atoms. The maximum Gasteiger partial charge on any atom is 0.00671 e. The molecule has 3 atom stereocenters. The zero-order valence-electron chi connectivity index (χ0n) is 7.84. The summed E-state index contributed by atoms with van der Waals surface area (Å²) in [6.45, 7) is 4.55. The molecule has 0 bridgehead atoms. The first kappa shape index (κ1) is 9.05. The molecule has 3 unspecified atom stereocenters. The Bertz CT molecular complexity index is 111. The zero-order chi connectivity index (χ0) is 8.27. The van der Waals surface area contributed by atoms with E-state index >= 15 is 0 Å². The Balaban J connectivity index is 2.28. The molecule has 0 aromatic heterocycles. The van der Waals surface area contributed by atoms with Crippen LogP contribution < -0.4 is 5.73 Å². The van der Waals surface area contributed by atoms with Crippen LogP contribution in [0.15, 0.2) is 0 Å². The summed E-state index contributed by atoms with van der Waals surface area (Å²) in [6.07, 6.45) is 6.76. The highest BCUT2D eigenvalue weighted by atomic mass is 14.7. The molecule has 0 aromatic rings. The molecule has 1 aliphatic carbocycles. The van der Waals surface area contributed by atoms with Gasteiger partial charge in [-0.05, 0) is 24.7 Å². The fraction of sp³-hybridized carbons (Fsp3) is 1.00. The summed E-state index contributed by atoms with van der Waals surface area (Å²) in [7, 11) is 0. The van der Waals surface area contributed by atoms with Crippen LogP contribution in [-0.4, -0.2) is 6.04 Å². The lowest BCUT2D eigenvalue weighted by Crippen LogP contribution is -2.34. The van der Waals surface area contributed by atoms with Gasteiger partial charge in [0.25, 0.3) is 0 Å². The first-order chi connectivity index (χ1) is 5.24. The molecule has 1 saturated carbocycles. The molecule has 0 heterocycles. The van der Waals surface area contributed by atoms with Crippen molar-refractivity contribution in [1.82, 2.24) is 0 Å². The Labute approximate surface area is 70.4 Å². The summed E-state index contributed by atoms with van der Waals surface area (Å²) in [6, 6.07) is 0.486. The van der Waals surface area contributed by atoms with Crippen LogP contribution in [0.5, 0.6) is 0 Å². The Morgan fingerprint density at radius 3 is 2.64 bits per heavy atom. The topological polar surface area (TPSA) is 26.0 Å². The smallest absolute Gasteiger partial charge is 0.00671 e. The average molecular weight is 155 g/mol. The number of nitrogens with two attached hydrogens (primary N) is 1. The number of rotatable bonds is 2. The highest BCUT2D eigenvalue weighted by Crippen LogP contribution is 2.30. The number of hydrogen-bond acceptors (Lipinski definition) is 1. The minimum Gasteiger partial charge on any atom is -0.327 e. The lowest BCUT2D eigenvalue weighted by atomic mass is 9.78. The molecule has 1 nitrogen and oxygen atoms in total. The van der Waals surface area contributed by atoms with E-state index in [4.69, 9.17) is 5.73 Å². The first-order valence-corrected chi connectivity index (χ1v) is 4.99. The maximum atomic E-state index is 6.00. The Morgan fingerprint density at radius 1 is 1.36 bits per heavy atom. The Kier molecular flexibility index (Phi) is 3.38. The van der Waals surface area contributed by atoms with E-state index in [2.05, 4.69) is 13.8 Å². The quantitative estimate of drug-likeness (QED) is 0.651.